The first-order valence-electron chi connectivity index (χ1n) is 3.35. The predicted octanol–water partition coefficient (Wildman–Crippen LogP) is 1.83. The minimum absolute atomic E-state index is 0.331. The number of rotatable bonds is 3. The Balaban J connectivity index is 2.83. The first-order valence-corrected chi connectivity index (χ1v) is 4.33. The lowest BCUT2D eigenvalue weighted by Crippen LogP contribution is -2.36. The molecule has 1 heterocycles. The van der Waals surface area contributed by atoms with E-state index in [0.29, 0.717) is 6.54 Å². The number of pyridine rings is 1. The number of thioether (sulfide) groups is 1. The summed E-state index contributed by atoms with van der Waals surface area (Å²) in [6.45, 7) is 0.0843. The van der Waals surface area contributed by atoms with E-state index in [0.717, 1.165) is 5.03 Å². The van der Waals surface area contributed by atoms with Crippen molar-refractivity contribution in [1.82, 2.24) is 0 Å². The molecule has 0 saturated carbocycles. The average molecular weight is 171 g/mol. The molecule has 59 valence electrons. The highest BCUT2D eigenvalue weighted by atomic mass is 32.2. The van der Waals surface area contributed by atoms with Gasteiger partial charge >= 0.3 is 0 Å². The van der Waals surface area contributed by atoms with E-state index in [9.17, 15) is 4.39 Å². The quantitative estimate of drug-likeness (QED) is 0.495. The monoisotopic (exact) mass is 171 g/mol. The Kier molecular flexibility index (Phi) is 3.36. The van der Waals surface area contributed by atoms with E-state index >= 15 is 0 Å². The Bertz CT molecular complexity index is 227. The molecule has 0 saturated heterocycles. The van der Waals surface area contributed by atoms with Crippen molar-refractivity contribution < 1.29 is 8.96 Å². The summed E-state index contributed by atoms with van der Waals surface area (Å²) in [6.07, 6.45) is 5.53. The molecule has 0 fully saturated rings. The summed E-state index contributed by atoms with van der Waals surface area (Å²) in [7, 11) is 0. The van der Waals surface area contributed by atoms with Crippen LogP contribution in [0.15, 0.2) is 29.4 Å². The zero-order chi connectivity index (χ0) is 8.10. The first kappa shape index (κ1) is 8.53. The predicted molar refractivity (Wildman–Crippen MR) is 43.8 cm³/mol. The number of aromatic nitrogens is 1. The molecule has 0 atom stereocenters. The van der Waals surface area contributed by atoms with Crippen molar-refractivity contribution in [3.8, 4) is 0 Å². The molecule has 3 heteroatoms. The highest BCUT2D eigenvalue weighted by Crippen LogP contribution is 2.08. The third-order valence-electron chi connectivity index (χ3n) is 1.37. The van der Waals surface area contributed by atoms with E-state index in [1.165, 1.54) is 11.8 Å². The van der Waals surface area contributed by atoms with Gasteiger partial charge < -0.3 is 0 Å². The largest absolute Gasteiger partial charge is 0.244 e. The molecular weight excluding hydrogens is 161 g/mol. The molecule has 0 aliphatic carbocycles. The van der Waals surface area contributed by atoms with Crippen LogP contribution in [-0.4, -0.2) is 6.67 Å². The molecule has 0 unspecified atom stereocenters. The molecule has 11 heavy (non-hydrogen) atoms. The Labute approximate surface area is 70.2 Å². The standard InChI is InChI=1S/C8H10FNS/c1-11-8-4-2-3-6-10(8)7-5-9/h2-4,6H,1,5,7H2/q+1. The molecule has 0 aromatic carbocycles. The van der Waals surface area contributed by atoms with E-state index in [4.69, 9.17) is 0 Å². The maximum atomic E-state index is 11.9. The van der Waals surface area contributed by atoms with Crippen LogP contribution in [0.3, 0.4) is 0 Å². The zero-order valence-electron chi connectivity index (χ0n) is 6.16. The van der Waals surface area contributed by atoms with Crippen molar-refractivity contribution >= 4 is 11.8 Å². The summed E-state index contributed by atoms with van der Waals surface area (Å²) >= 11 is 1.38. The molecule has 0 spiro atoms. The molecule has 1 aromatic rings. The fraction of sp³-hybridized carbons (Fsp3) is 0.250. The Morgan fingerprint density at radius 3 is 3.00 bits per heavy atom. The zero-order valence-corrected chi connectivity index (χ0v) is 6.98. The molecule has 0 amide bonds. The van der Waals surface area contributed by atoms with Crippen LogP contribution in [0.4, 0.5) is 4.39 Å². The van der Waals surface area contributed by atoms with E-state index in [1.54, 1.807) is 0 Å². The molecule has 0 N–H and O–H groups in total. The first-order chi connectivity index (χ1) is 5.38. The fourth-order valence-electron chi connectivity index (χ4n) is 0.867. The highest BCUT2D eigenvalue weighted by molar-refractivity contribution is 8.00. The molecule has 0 bridgehead atoms. The lowest BCUT2D eigenvalue weighted by Gasteiger charge is -1.96. The van der Waals surface area contributed by atoms with Gasteiger partial charge in [0.2, 0.25) is 5.03 Å². The van der Waals surface area contributed by atoms with Crippen molar-refractivity contribution in [2.45, 2.75) is 11.6 Å². The van der Waals surface area contributed by atoms with Gasteiger partial charge in [0.1, 0.15) is 6.67 Å². The summed E-state index contributed by atoms with van der Waals surface area (Å²) in [6, 6.07) is 5.73. The van der Waals surface area contributed by atoms with Crippen LogP contribution in [0.25, 0.3) is 0 Å². The molecule has 1 rings (SSSR count). The van der Waals surface area contributed by atoms with Crippen molar-refractivity contribution in [2.75, 3.05) is 6.67 Å². The molecule has 1 radical (unpaired) electrons. The van der Waals surface area contributed by atoms with E-state index in [1.807, 2.05) is 29.0 Å². The van der Waals surface area contributed by atoms with Crippen molar-refractivity contribution in [2.24, 2.45) is 0 Å². The number of nitrogens with zero attached hydrogens (tertiary/aromatic N) is 1. The van der Waals surface area contributed by atoms with Gasteiger partial charge in [0.05, 0.1) is 0 Å². The van der Waals surface area contributed by atoms with Gasteiger partial charge in [0.15, 0.2) is 12.7 Å². The number of aryl methyl sites for hydroxylation is 1. The second-order valence-electron chi connectivity index (χ2n) is 2.07. The second-order valence-corrected chi connectivity index (χ2v) is 2.77. The number of halogens is 1. The lowest BCUT2D eigenvalue weighted by molar-refractivity contribution is -0.732. The summed E-state index contributed by atoms with van der Waals surface area (Å²) < 4.78 is 13.8. The Morgan fingerprint density at radius 2 is 2.36 bits per heavy atom. The molecular formula is C8H10FNS+. The summed E-state index contributed by atoms with van der Waals surface area (Å²) in [5, 5.41) is 0.991. The summed E-state index contributed by atoms with van der Waals surface area (Å²) in [4.78, 5) is 0. The topological polar surface area (TPSA) is 3.88 Å². The van der Waals surface area contributed by atoms with Crippen LogP contribution in [0.2, 0.25) is 0 Å². The number of hydrogen-bond donors (Lipinski definition) is 0. The van der Waals surface area contributed by atoms with Crippen LogP contribution in [0, 0.1) is 6.26 Å². The van der Waals surface area contributed by atoms with Gasteiger partial charge in [-0.25, -0.2) is 4.39 Å². The molecule has 1 nitrogen and oxygen atoms in total. The molecule has 1 aromatic heterocycles. The molecule has 0 aliphatic rings. The van der Waals surface area contributed by atoms with Crippen molar-refractivity contribution in [1.29, 1.82) is 0 Å². The van der Waals surface area contributed by atoms with Crippen LogP contribution in [0.1, 0.15) is 0 Å². The van der Waals surface area contributed by atoms with E-state index in [2.05, 4.69) is 6.26 Å². The Hall–Kier alpha value is -0.570. The van der Waals surface area contributed by atoms with E-state index in [-0.39, 0.29) is 6.67 Å². The third-order valence-corrected chi connectivity index (χ3v) is 2.04. The Morgan fingerprint density at radius 1 is 1.55 bits per heavy atom. The minimum Gasteiger partial charge on any atom is -0.244 e. The maximum Gasteiger partial charge on any atom is 0.240 e. The van der Waals surface area contributed by atoms with Crippen molar-refractivity contribution in [3.63, 3.8) is 0 Å². The summed E-state index contributed by atoms with van der Waals surface area (Å²) in [5.74, 6) is 0. The van der Waals surface area contributed by atoms with Gasteiger partial charge in [-0.2, -0.15) is 4.57 Å². The fourth-order valence-corrected chi connectivity index (χ4v) is 1.36. The van der Waals surface area contributed by atoms with Crippen LogP contribution >= 0.6 is 11.8 Å². The van der Waals surface area contributed by atoms with Gasteiger partial charge in [-0.15, -0.1) is 0 Å². The number of alkyl halides is 1. The minimum atomic E-state index is -0.331. The van der Waals surface area contributed by atoms with Crippen LogP contribution < -0.4 is 4.57 Å². The smallest absolute Gasteiger partial charge is 0.240 e. The van der Waals surface area contributed by atoms with Crippen LogP contribution in [-0.2, 0) is 6.54 Å². The van der Waals surface area contributed by atoms with Crippen molar-refractivity contribution in [3.05, 3.63) is 30.7 Å². The number of hydrogen-bond acceptors (Lipinski definition) is 1. The van der Waals surface area contributed by atoms with Crippen LogP contribution in [0.5, 0.6) is 0 Å². The van der Waals surface area contributed by atoms with E-state index < -0.39 is 0 Å². The molecule has 0 aliphatic heterocycles. The van der Waals surface area contributed by atoms with Gasteiger partial charge in [-0.3, -0.25) is 0 Å². The van der Waals surface area contributed by atoms with Gasteiger partial charge in [-0.1, -0.05) is 11.8 Å². The normalized spacial score (nSPS) is 10.0. The van der Waals surface area contributed by atoms with Gasteiger partial charge in [0.25, 0.3) is 0 Å². The average Bonchev–Trinajstić information content (AvgIpc) is 2.06. The SMILES string of the molecule is [CH2]Sc1cccc[n+]1CCF. The lowest BCUT2D eigenvalue weighted by atomic mass is 10.5. The van der Waals surface area contributed by atoms with Gasteiger partial charge in [-0.05, 0) is 6.07 Å². The maximum absolute atomic E-state index is 11.9. The van der Waals surface area contributed by atoms with Gasteiger partial charge in [0, 0.05) is 18.4 Å². The summed E-state index contributed by atoms with van der Waals surface area (Å²) in [5.41, 5.74) is 0. The third kappa shape index (κ3) is 2.19. The highest BCUT2D eigenvalue weighted by Gasteiger charge is 2.05. The second kappa shape index (κ2) is 4.34.